The first kappa shape index (κ1) is 18.3. The number of halogens is 2. The van der Waals surface area contributed by atoms with E-state index in [2.05, 4.69) is 0 Å². The van der Waals surface area contributed by atoms with Gasteiger partial charge in [-0.3, -0.25) is 20.2 Å². The van der Waals surface area contributed by atoms with Gasteiger partial charge in [-0.15, -0.1) is 0 Å². The van der Waals surface area contributed by atoms with E-state index in [1.54, 1.807) is 45.2 Å². The molecule has 0 aliphatic heterocycles. The highest BCUT2D eigenvalue weighted by Crippen LogP contribution is 2.28. The second-order valence-electron chi connectivity index (χ2n) is 3.73. The molecule has 10 heteroatoms. The van der Waals surface area contributed by atoms with Crippen LogP contribution in [0.3, 0.4) is 0 Å². The normalized spacial score (nSPS) is 9.55. The van der Waals surface area contributed by atoms with Gasteiger partial charge in [0.2, 0.25) is 0 Å². The highest BCUT2D eigenvalue weighted by molar-refractivity contribution is 14.1. The van der Waals surface area contributed by atoms with Crippen LogP contribution in [0, 0.1) is 27.4 Å². The molecule has 116 valence electrons. The topological polar surface area (TPSA) is 127 Å². The van der Waals surface area contributed by atoms with Gasteiger partial charge in [-0.25, -0.2) is 0 Å². The zero-order chi connectivity index (χ0) is 16.9. The van der Waals surface area contributed by atoms with Crippen molar-refractivity contribution in [2.45, 2.75) is 0 Å². The number of nitrogens with zero attached hydrogens (tertiary/aromatic N) is 2. The number of nitro benzene ring substituents is 2. The average molecular weight is 530 g/mol. The quantitative estimate of drug-likeness (QED) is 0.346. The van der Waals surface area contributed by atoms with Gasteiger partial charge in [0.15, 0.2) is 0 Å². The van der Waals surface area contributed by atoms with E-state index < -0.39 is 9.85 Å². The third kappa shape index (κ3) is 4.66. The number of rotatable bonds is 2. The number of benzene rings is 2. The predicted molar refractivity (Wildman–Crippen MR) is 95.0 cm³/mol. The summed E-state index contributed by atoms with van der Waals surface area (Å²) in [6.45, 7) is 0. The molecular formula is C12H8I2N2O6. The van der Waals surface area contributed by atoms with Crippen molar-refractivity contribution in [3.8, 4) is 11.5 Å². The molecule has 0 amide bonds. The van der Waals surface area contributed by atoms with Crippen molar-refractivity contribution in [1.29, 1.82) is 0 Å². The van der Waals surface area contributed by atoms with E-state index in [0.717, 1.165) is 0 Å². The summed E-state index contributed by atoms with van der Waals surface area (Å²) in [6, 6.07) is 8.40. The Kier molecular flexibility index (Phi) is 6.73. The van der Waals surface area contributed by atoms with Gasteiger partial charge in [0.1, 0.15) is 18.6 Å². The first-order valence-electron chi connectivity index (χ1n) is 5.49. The van der Waals surface area contributed by atoms with Crippen LogP contribution in [0.4, 0.5) is 11.4 Å². The van der Waals surface area contributed by atoms with Crippen LogP contribution < -0.4 is 0 Å². The van der Waals surface area contributed by atoms with Crippen molar-refractivity contribution >= 4 is 56.6 Å². The van der Waals surface area contributed by atoms with E-state index >= 15 is 0 Å². The molecule has 2 N–H and O–H groups in total. The summed E-state index contributed by atoms with van der Waals surface area (Å²) in [7, 11) is 0. The molecule has 2 aromatic rings. The maximum atomic E-state index is 10.3. The van der Waals surface area contributed by atoms with E-state index in [-0.39, 0.29) is 30.0 Å². The van der Waals surface area contributed by atoms with Crippen molar-refractivity contribution in [3.63, 3.8) is 0 Å². The zero-order valence-corrected chi connectivity index (χ0v) is 15.0. The smallest absolute Gasteiger partial charge is 0.286 e. The van der Waals surface area contributed by atoms with Gasteiger partial charge in [0.05, 0.1) is 9.85 Å². The van der Waals surface area contributed by atoms with Crippen molar-refractivity contribution in [3.05, 3.63) is 63.8 Å². The Labute approximate surface area is 151 Å². The third-order valence-corrected chi connectivity index (χ3v) is 4.52. The number of phenols is 2. The minimum atomic E-state index is -0.526. The molecule has 0 radical (unpaired) electrons. The van der Waals surface area contributed by atoms with Gasteiger partial charge in [0.25, 0.3) is 11.4 Å². The molecule has 0 unspecified atom stereocenters. The third-order valence-electron chi connectivity index (χ3n) is 2.31. The minimum Gasteiger partial charge on any atom is -0.507 e. The summed E-state index contributed by atoms with van der Waals surface area (Å²) in [5, 5.41) is 38.6. The summed E-state index contributed by atoms with van der Waals surface area (Å²) < 4.78 is 0.546. The van der Waals surface area contributed by atoms with E-state index in [1.807, 2.05) is 0 Å². The van der Waals surface area contributed by atoms with E-state index in [4.69, 9.17) is 10.2 Å². The molecule has 0 fully saturated rings. The second kappa shape index (κ2) is 8.07. The number of hydrogen-bond acceptors (Lipinski definition) is 6. The predicted octanol–water partition coefficient (Wildman–Crippen LogP) is 3.81. The van der Waals surface area contributed by atoms with Crippen LogP contribution in [0.1, 0.15) is 0 Å². The van der Waals surface area contributed by atoms with Gasteiger partial charge in [-0.1, -0.05) is 12.1 Å². The summed E-state index contributed by atoms with van der Waals surface area (Å²) in [5.41, 5.74) is -0.129. The van der Waals surface area contributed by atoms with Crippen molar-refractivity contribution in [2.75, 3.05) is 0 Å². The molecule has 0 aromatic heterocycles. The summed E-state index contributed by atoms with van der Waals surface area (Å²) in [4.78, 5) is 19.5. The Bertz CT molecular complexity index is 661. The highest BCUT2D eigenvalue weighted by Gasteiger charge is 2.14. The Hall–Kier alpha value is -1.70. The van der Waals surface area contributed by atoms with Gasteiger partial charge in [-0.05, 0) is 57.3 Å². The van der Waals surface area contributed by atoms with Crippen molar-refractivity contribution < 1.29 is 20.1 Å². The summed E-state index contributed by atoms with van der Waals surface area (Å²) >= 11 is 3.46. The van der Waals surface area contributed by atoms with Crippen LogP contribution in [0.25, 0.3) is 0 Å². The summed E-state index contributed by atoms with van der Waals surface area (Å²) in [5.74, 6) is -0.111. The SMILES string of the molecule is O=[N+]([O-])c1cccc(O)c1I.O=[N+]([O-])c1cccc(O)c1I. The fourth-order valence-electron chi connectivity index (χ4n) is 1.30. The van der Waals surface area contributed by atoms with Crippen LogP contribution in [-0.4, -0.2) is 20.1 Å². The second-order valence-corrected chi connectivity index (χ2v) is 5.89. The van der Waals surface area contributed by atoms with Crippen molar-refractivity contribution in [2.24, 2.45) is 0 Å². The first-order valence-corrected chi connectivity index (χ1v) is 7.65. The lowest BCUT2D eigenvalue weighted by molar-refractivity contribution is -0.386. The van der Waals surface area contributed by atoms with Gasteiger partial charge in [-0.2, -0.15) is 0 Å². The maximum absolute atomic E-state index is 10.3. The lowest BCUT2D eigenvalue weighted by Gasteiger charge is -1.95. The molecule has 0 spiro atoms. The Morgan fingerprint density at radius 1 is 0.773 bits per heavy atom. The Morgan fingerprint density at radius 3 is 1.32 bits per heavy atom. The largest absolute Gasteiger partial charge is 0.507 e. The van der Waals surface area contributed by atoms with E-state index in [1.165, 1.54) is 36.4 Å². The van der Waals surface area contributed by atoms with Gasteiger partial charge in [0, 0.05) is 12.1 Å². The maximum Gasteiger partial charge on any atom is 0.286 e. The van der Waals surface area contributed by atoms with Crippen LogP contribution in [0.2, 0.25) is 0 Å². The minimum absolute atomic E-state index is 0.0557. The van der Waals surface area contributed by atoms with Crippen LogP contribution in [0.15, 0.2) is 36.4 Å². The lowest BCUT2D eigenvalue weighted by Crippen LogP contribution is -1.90. The number of aromatic hydroxyl groups is 2. The number of hydrogen-bond donors (Lipinski definition) is 2. The molecule has 0 saturated heterocycles. The van der Waals surface area contributed by atoms with E-state index in [0.29, 0.717) is 0 Å². The molecule has 0 saturated carbocycles. The first-order chi connectivity index (χ1) is 10.3. The molecular weight excluding hydrogens is 522 g/mol. The van der Waals surface area contributed by atoms with Crippen LogP contribution in [-0.2, 0) is 0 Å². The van der Waals surface area contributed by atoms with Gasteiger partial charge >= 0.3 is 0 Å². The molecule has 2 rings (SSSR count). The standard InChI is InChI=1S/2C6H4INO3/c2*7-6-4(8(10)11)2-1-3-5(6)9/h2*1-3,9H. The molecule has 0 aliphatic carbocycles. The molecule has 2 aromatic carbocycles. The molecule has 0 aliphatic rings. The Morgan fingerprint density at radius 2 is 1.09 bits per heavy atom. The lowest BCUT2D eigenvalue weighted by atomic mass is 10.3. The molecule has 22 heavy (non-hydrogen) atoms. The summed E-state index contributed by atoms with van der Waals surface area (Å²) in [6.07, 6.45) is 0. The van der Waals surface area contributed by atoms with E-state index in [9.17, 15) is 20.2 Å². The van der Waals surface area contributed by atoms with Crippen LogP contribution in [0.5, 0.6) is 11.5 Å². The molecule has 8 nitrogen and oxygen atoms in total. The zero-order valence-electron chi connectivity index (χ0n) is 10.6. The molecule has 0 atom stereocenters. The highest BCUT2D eigenvalue weighted by atomic mass is 127. The molecule has 0 heterocycles. The van der Waals surface area contributed by atoms with Crippen molar-refractivity contribution in [1.82, 2.24) is 0 Å². The monoisotopic (exact) mass is 530 g/mol. The number of nitro groups is 2. The Balaban J connectivity index is 0.000000220. The van der Waals surface area contributed by atoms with Gasteiger partial charge < -0.3 is 10.2 Å². The number of phenolic OH excluding ortho intramolecular Hbond substituents is 2. The fourth-order valence-corrected chi connectivity index (χ4v) is 2.41. The fraction of sp³-hybridized carbons (Fsp3) is 0. The average Bonchev–Trinajstić information content (AvgIpc) is 2.45. The molecule has 0 bridgehead atoms. The van der Waals surface area contributed by atoms with Crippen LogP contribution >= 0.6 is 45.2 Å².